The zero-order chi connectivity index (χ0) is 17.4. The number of nitrogens with zero attached hydrogens (tertiary/aromatic N) is 4. The van der Waals surface area contributed by atoms with Crippen LogP contribution in [0.2, 0.25) is 0 Å². The Kier molecular flexibility index (Phi) is 4.49. The van der Waals surface area contributed by atoms with Gasteiger partial charge in [-0.3, -0.25) is 13.9 Å². The molecule has 3 rings (SSSR count). The number of likely N-dealkylation sites (N-methyl/N-ethyl adjacent to an activating group) is 1. The predicted molar refractivity (Wildman–Crippen MR) is 95.1 cm³/mol. The molecule has 0 spiro atoms. The van der Waals surface area contributed by atoms with Crippen LogP contribution in [0.15, 0.2) is 29.1 Å². The lowest BCUT2D eigenvalue weighted by Crippen LogP contribution is -2.38. The Morgan fingerprint density at radius 1 is 1.17 bits per heavy atom. The van der Waals surface area contributed by atoms with Gasteiger partial charge in [-0.05, 0) is 39.1 Å². The number of fused-ring (bicyclic) bond motifs is 1. The van der Waals surface area contributed by atoms with Gasteiger partial charge in [-0.15, -0.1) is 0 Å². The smallest absolute Gasteiger partial charge is 0.329 e. The van der Waals surface area contributed by atoms with E-state index in [0.717, 1.165) is 24.1 Å². The summed E-state index contributed by atoms with van der Waals surface area (Å²) in [5.74, 6) is 0.463. The number of benzene rings is 1. The molecule has 1 aliphatic rings. The quantitative estimate of drug-likeness (QED) is 0.847. The summed E-state index contributed by atoms with van der Waals surface area (Å²) in [6.07, 6.45) is 0. The molecule has 6 nitrogen and oxygen atoms in total. The molecule has 2 atom stereocenters. The van der Waals surface area contributed by atoms with E-state index in [-0.39, 0.29) is 18.1 Å². The average Bonchev–Trinajstić information content (AvgIpc) is 3.06. The first-order valence-corrected chi connectivity index (χ1v) is 8.56. The maximum Gasteiger partial charge on any atom is 0.329 e. The first-order valence-electron chi connectivity index (χ1n) is 8.56. The third-order valence-corrected chi connectivity index (χ3v) is 5.12. The Morgan fingerprint density at radius 3 is 2.33 bits per heavy atom. The summed E-state index contributed by atoms with van der Waals surface area (Å²) < 4.78 is 3.33. The van der Waals surface area contributed by atoms with Gasteiger partial charge in [0.15, 0.2) is 0 Å². The number of hydrogen-bond acceptors (Lipinski definition) is 3. The number of rotatable bonds is 4. The SMILES string of the molecule is CCn1c(=O)n(CC(=O)N2C[C@@H](C)[C@@H](N(C)C)C2)c2ccccc21. The van der Waals surface area contributed by atoms with Crippen molar-refractivity contribution >= 4 is 16.9 Å². The maximum absolute atomic E-state index is 12.8. The number of likely N-dealkylation sites (tertiary alicyclic amines) is 1. The molecule has 2 aromatic rings. The molecule has 130 valence electrons. The van der Waals surface area contributed by atoms with E-state index >= 15 is 0 Å². The Labute approximate surface area is 142 Å². The molecule has 24 heavy (non-hydrogen) atoms. The van der Waals surface area contributed by atoms with Crippen LogP contribution in [0.4, 0.5) is 0 Å². The van der Waals surface area contributed by atoms with E-state index in [1.165, 1.54) is 0 Å². The van der Waals surface area contributed by atoms with E-state index in [9.17, 15) is 9.59 Å². The number of amides is 1. The Balaban J connectivity index is 1.87. The van der Waals surface area contributed by atoms with Crippen molar-refractivity contribution in [2.24, 2.45) is 5.92 Å². The van der Waals surface area contributed by atoms with Gasteiger partial charge in [0.1, 0.15) is 6.54 Å². The minimum absolute atomic E-state index is 0.0207. The summed E-state index contributed by atoms with van der Waals surface area (Å²) in [6.45, 7) is 6.32. The highest BCUT2D eigenvalue weighted by Crippen LogP contribution is 2.21. The lowest BCUT2D eigenvalue weighted by Gasteiger charge is -2.22. The van der Waals surface area contributed by atoms with Gasteiger partial charge >= 0.3 is 5.69 Å². The van der Waals surface area contributed by atoms with E-state index in [4.69, 9.17) is 0 Å². The lowest BCUT2D eigenvalue weighted by atomic mass is 10.1. The molecular weight excluding hydrogens is 304 g/mol. The molecule has 6 heteroatoms. The zero-order valence-corrected chi connectivity index (χ0v) is 14.9. The van der Waals surface area contributed by atoms with Crippen LogP contribution >= 0.6 is 0 Å². The van der Waals surface area contributed by atoms with Crippen LogP contribution in [0.3, 0.4) is 0 Å². The van der Waals surface area contributed by atoms with Gasteiger partial charge in [0.2, 0.25) is 5.91 Å². The topological polar surface area (TPSA) is 50.5 Å². The van der Waals surface area contributed by atoms with Crippen molar-refractivity contribution in [3.63, 3.8) is 0 Å². The van der Waals surface area contributed by atoms with Crippen LogP contribution in [0.25, 0.3) is 11.0 Å². The van der Waals surface area contributed by atoms with Crippen LogP contribution in [-0.2, 0) is 17.9 Å². The van der Waals surface area contributed by atoms with E-state index in [2.05, 4.69) is 25.9 Å². The molecule has 0 N–H and O–H groups in total. The number of aromatic nitrogens is 2. The van der Waals surface area contributed by atoms with Crippen molar-refractivity contribution < 1.29 is 4.79 Å². The molecular formula is C18H26N4O2. The number of para-hydroxylation sites is 2. The summed E-state index contributed by atoms with van der Waals surface area (Å²) in [5, 5.41) is 0. The molecule has 1 aromatic heterocycles. The van der Waals surface area contributed by atoms with Gasteiger partial charge in [-0.1, -0.05) is 19.1 Å². The fraction of sp³-hybridized carbons (Fsp3) is 0.556. The molecule has 1 aliphatic heterocycles. The Morgan fingerprint density at radius 2 is 1.79 bits per heavy atom. The molecule has 0 bridgehead atoms. The van der Waals surface area contributed by atoms with Crippen LogP contribution in [0.5, 0.6) is 0 Å². The summed E-state index contributed by atoms with van der Waals surface area (Å²) in [5.41, 5.74) is 1.61. The molecule has 0 unspecified atom stereocenters. The minimum atomic E-state index is -0.108. The van der Waals surface area contributed by atoms with Gasteiger partial charge < -0.3 is 9.80 Å². The van der Waals surface area contributed by atoms with Crippen LogP contribution in [0.1, 0.15) is 13.8 Å². The number of carbonyl (C=O) groups is 1. The largest absolute Gasteiger partial charge is 0.339 e. The monoisotopic (exact) mass is 330 g/mol. The normalized spacial score (nSPS) is 21.1. The molecule has 0 saturated carbocycles. The van der Waals surface area contributed by atoms with Gasteiger partial charge in [0.05, 0.1) is 11.0 Å². The highest BCUT2D eigenvalue weighted by molar-refractivity contribution is 5.81. The highest BCUT2D eigenvalue weighted by atomic mass is 16.2. The van der Waals surface area contributed by atoms with Crippen molar-refractivity contribution in [1.29, 1.82) is 0 Å². The average molecular weight is 330 g/mol. The number of imidazole rings is 1. The van der Waals surface area contributed by atoms with Crippen molar-refractivity contribution in [3.8, 4) is 0 Å². The molecule has 1 aromatic carbocycles. The predicted octanol–water partition coefficient (Wildman–Crippen LogP) is 1.23. The van der Waals surface area contributed by atoms with E-state index in [0.29, 0.717) is 18.5 Å². The van der Waals surface area contributed by atoms with Gasteiger partial charge in [0, 0.05) is 25.7 Å². The number of hydrogen-bond donors (Lipinski definition) is 0. The maximum atomic E-state index is 12.8. The first kappa shape index (κ1) is 16.8. The summed E-state index contributed by atoms with van der Waals surface area (Å²) in [4.78, 5) is 29.5. The third-order valence-electron chi connectivity index (χ3n) is 5.12. The van der Waals surface area contributed by atoms with Crippen molar-refractivity contribution in [2.75, 3.05) is 27.2 Å². The second-order valence-corrected chi connectivity index (χ2v) is 6.91. The summed E-state index contributed by atoms with van der Waals surface area (Å²) in [6, 6.07) is 8.04. The fourth-order valence-electron chi connectivity index (χ4n) is 3.79. The summed E-state index contributed by atoms with van der Waals surface area (Å²) in [7, 11) is 4.10. The Hall–Kier alpha value is -2.08. The molecule has 1 fully saturated rings. The van der Waals surface area contributed by atoms with Gasteiger partial charge in [0.25, 0.3) is 0 Å². The van der Waals surface area contributed by atoms with E-state index < -0.39 is 0 Å². The van der Waals surface area contributed by atoms with E-state index in [1.807, 2.05) is 36.1 Å². The second kappa shape index (κ2) is 6.43. The van der Waals surface area contributed by atoms with E-state index in [1.54, 1.807) is 9.13 Å². The standard InChI is InChI=1S/C18H26N4O2/c1-5-21-14-8-6-7-9-15(14)22(18(21)24)12-17(23)20-10-13(2)16(11-20)19(3)4/h6-9,13,16H,5,10-12H2,1-4H3/t13-,16+/m1/s1. The first-order chi connectivity index (χ1) is 11.4. The molecule has 1 amide bonds. The molecule has 0 radical (unpaired) electrons. The lowest BCUT2D eigenvalue weighted by molar-refractivity contribution is -0.131. The fourth-order valence-corrected chi connectivity index (χ4v) is 3.79. The summed E-state index contributed by atoms with van der Waals surface area (Å²) >= 11 is 0. The number of aryl methyl sites for hydroxylation is 1. The van der Waals surface area contributed by atoms with Crippen LogP contribution in [0, 0.1) is 5.92 Å². The zero-order valence-electron chi connectivity index (χ0n) is 14.9. The van der Waals surface area contributed by atoms with Crippen molar-refractivity contribution in [1.82, 2.24) is 18.9 Å². The highest BCUT2D eigenvalue weighted by Gasteiger charge is 2.33. The molecule has 2 heterocycles. The minimum Gasteiger partial charge on any atom is -0.339 e. The molecule has 0 aliphatic carbocycles. The number of carbonyl (C=O) groups excluding carboxylic acids is 1. The van der Waals surface area contributed by atoms with Crippen LogP contribution in [-0.4, -0.2) is 58.1 Å². The second-order valence-electron chi connectivity index (χ2n) is 6.91. The Bertz CT molecular complexity index is 805. The van der Waals surface area contributed by atoms with Crippen LogP contribution < -0.4 is 5.69 Å². The van der Waals surface area contributed by atoms with Crippen molar-refractivity contribution in [2.45, 2.75) is 33.0 Å². The van der Waals surface area contributed by atoms with Gasteiger partial charge in [-0.2, -0.15) is 0 Å². The van der Waals surface area contributed by atoms with Crippen molar-refractivity contribution in [3.05, 3.63) is 34.7 Å². The van der Waals surface area contributed by atoms with Gasteiger partial charge in [-0.25, -0.2) is 4.79 Å². The third kappa shape index (κ3) is 2.75. The molecule has 1 saturated heterocycles.